The third-order valence-corrected chi connectivity index (χ3v) is 5.62. The van der Waals surface area contributed by atoms with Crippen LogP contribution in [0.2, 0.25) is 0 Å². The molecule has 2 N–H and O–H groups in total. The van der Waals surface area contributed by atoms with Gasteiger partial charge in [0.15, 0.2) is 0 Å². The van der Waals surface area contributed by atoms with Crippen LogP contribution in [0.1, 0.15) is 37.5 Å². The predicted molar refractivity (Wildman–Crippen MR) is 143 cm³/mol. The summed E-state index contributed by atoms with van der Waals surface area (Å²) in [5, 5.41) is 17.5. The molecule has 0 bridgehead atoms. The number of non-ortho nitro benzene ring substituents is 1. The van der Waals surface area contributed by atoms with Crippen molar-refractivity contribution in [1.29, 1.82) is 0 Å². The van der Waals surface area contributed by atoms with Gasteiger partial charge in [-0.3, -0.25) is 14.9 Å². The summed E-state index contributed by atoms with van der Waals surface area (Å²) in [7, 11) is 1.67. The fourth-order valence-electron chi connectivity index (χ4n) is 3.92. The Morgan fingerprint density at radius 2 is 1.73 bits per heavy atom. The Kier molecular flexibility index (Phi) is 6.97. The van der Waals surface area contributed by atoms with Crippen LogP contribution in [0.15, 0.2) is 72.8 Å². The number of hydrogen-bond acceptors (Lipinski definition) is 6. The second kappa shape index (κ2) is 10.1. The molecule has 2 amide bonds. The molecule has 9 nitrogen and oxygen atoms in total. The van der Waals surface area contributed by atoms with Gasteiger partial charge in [0.1, 0.15) is 5.60 Å². The highest BCUT2D eigenvalue weighted by Gasteiger charge is 2.30. The maximum absolute atomic E-state index is 13.0. The molecule has 3 aromatic rings. The van der Waals surface area contributed by atoms with Crippen LogP contribution in [-0.4, -0.2) is 34.5 Å². The Labute approximate surface area is 214 Å². The van der Waals surface area contributed by atoms with E-state index < -0.39 is 16.6 Å². The minimum Gasteiger partial charge on any atom is -0.444 e. The summed E-state index contributed by atoms with van der Waals surface area (Å²) in [4.78, 5) is 37.7. The molecule has 4 rings (SSSR count). The Hall–Kier alpha value is -4.66. The lowest BCUT2D eigenvalue weighted by Crippen LogP contribution is -2.33. The molecule has 1 aliphatic rings. The number of ether oxygens (including phenoxy) is 1. The number of rotatable bonds is 6. The Bertz CT molecular complexity index is 1380. The number of anilines is 2. The topological polar surface area (TPSA) is 114 Å². The van der Waals surface area contributed by atoms with E-state index in [4.69, 9.17) is 4.74 Å². The zero-order valence-electron chi connectivity index (χ0n) is 21.1. The maximum atomic E-state index is 13.0. The summed E-state index contributed by atoms with van der Waals surface area (Å²) < 4.78 is 5.40. The van der Waals surface area contributed by atoms with Gasteiger partial charge >= 0.3 is 6.09 Å². The first-order valence-corrected chi connectivity index (χ1v) is 11.7. The van der Waals surface area contributed by atoms with E-state index in [-0.39, 0.29) is 11.6 Å². The minimum atomic E-state index is -0.577. The van der Waals surface area contributed by atoms with Crippen LogP contribution in [-0.2, 0) is 16.1 Å². The van der Waals surface area contributed by atoms with Crippen LogP contribution < -0.4 is 10.6 Å². The third kappa shape index (κ3) is 5.95. The number of carbonyl (C=O) groups excluding carboxylic acids is 2. The van der Waals surface area contributed by atoms with Gasteiger partial charge in [-0.15, -0.1) is 0 Å². The van der Waals surface area contributed by atoms with Crippen molar-refractivity contribution in [3.05, 3.63) is 99.6 Å². The molecule has 0 saturated heterocycles. The molecule has 37 heavy (non-hydrogen) atoms. The first-order chi connectivity index (χ1) is 17.5. The highest BCUT2D eigenvalue weighted by molar-refractivity contribution is 6.37. The SMILES string of the molecule is CN(Cc1ccc(NC(=C2C(=O)Nc3ccc([N+](=O)[O-])cc32)c2ccccc2)cc1)C(=O)OC(C)(C)C. The molecule has 0 saturated carbocycles. The van der Waals surface area contributed by atoms with Crippen LogP contribution >= 0.6 is 0 Å². The molecular formula is C28H28N4O5. The number of benzene rings is 3. The number of nitro benzene ring substituents is 1. The van der Waals surface area contributed by atoms with Crippen LogP contribution in [0.5, 0.6) is 0 Å². The van der Waals surface area contributed by atoms with Crippen molar-refractivity contribution in [2.75, 3.05) is 17.7 Å². The van der Waals surface area contributed by atoms with E-state index in [1.165, 1.54) is 23.1 Å². The largest absolute Gasteiger partial charge is 0.444 e. The second-order valence-electron chi connectivity index (χ2n) is 9.72. The normalized spacial score (nSPS) is 13.9. The molecule has 0 spiro atoms. The quantitative estimate of drug-likeness (QED) is 0.248. The molecule has 0 fully saturated rings. The van der Waals surface area contributed by atoms with Crippen LogP contribution in [0.4, 0.5) is 21.9 Å². The van der Waals surface area contributed by atoms with Crippen molar-refractivity contribution in [1.82, 2.24) is 4.90 Å². The molecule has 9 heteroatoms. The molecular weight excluding hydrogens is 472 g/mol. The number of fused-ring (bicyclic) bond motifs is 1. The van der Waals surface area contributed by atoms with E-state index in [0.717, 1.165) is 11.1 Å². The lowest BCUT2D eigenvalue weighted by molar-refractivity contribution is -0.384. The number of amides is 2. The zero-order valence-corrected chi connectivity index (χ0v) is 21.1. The van der Waals surface area contributed by atoms with Crippen molar-refractivity contribution in [2.45, 2.75) is 32.9 Å². The van der Waals surface area contributed by atoms with Gasteiger partial charge in [-0.25, -0.2) is 4.79 Å². The molecule has 0 aromatic heterocycles. The zero-order chi connectivity index (χ0) is 26.7. The first-order valence-electron chi connectivity index (χ1n) is 11.7. The van der Waals surface area contributed by atoms with Gasteiger partial charge < -0.3 is 20.3 Å². The van der Waals surface area contributed by atoms with E-state index in [1.54, 1.807) is 7.05 Å². The lowest BCUT2D eigenvalue weighted by Gasteiger charge is -2.24. The Morgan fingerprint density at radius 1 is 1.05 bits per heavy atom. The summed E-state index contributed by atoms with van der Waals surface area (Å²) in [6.45, 7) is 5.82. The maximum Gasteiger partial charge on any atom is 0.410 e. The van der Waals surface area contributed by atoms with Crippen molar-refractivity contribution < 1.29 is 19.2 Å². The number of hydrogen-bond donors (Lipinski definition) is 2. The van der Waals surface area contributed by atoms with Gasteiger partial charge in [0.2, 0.25) is 0 Å². The average molecular weight is 501 g/mol. The Morgan fingerprint density at radius 3 is 2.35 bits per heavy atom. The molecule has 3 aromatic carbocycles. The van der Waals surface area contributed by atoms with E-state index in [9.17, 15) is 19.7 Å². The van der Waals surface area contributed by atoms with Crippen molar-refractivity contribution in [3.8, 4) is 0 Å². The average Bonchev–Trinajstić information content (AvgIpc) is 3.17. The monoisotopic (exact) mass is 500 g/mol. The second-order valence-corrected chi connectivity index (χ2v) is 9.72. The van der Waals surface area contributed by atoms with Crippen LogP contribution in [0, 0.1) is 10.1 Å². The summed E-state index contributed by atoms with van der Waals surface area (Å²) >= 11 is 0. The molecule has 0 unspecified atom stereocenters. The molecule has 0 atom stereocenters. The number of nitrogens with zero attached hydrogens (tertiary/aromatic N) is 2. The summed E-state index contributed by atoms with van der Waals surface area (Å²) in [6, 6.07) is 21.1. The van der Waals surface area contributed by atoms with E-state index >= 15 is 0 Å². The number of nitro groups is 1. The van der Waals surface area contributed by atoms with Crippen LogP contribution in [0.3, 0.4) is 0 Å². The molecule has 0 aliphatic carbocycles. The van der Waals surface area contributed by atoms with Crippen LogP contribution in [0.25, 0.3) is 11.3 Å². The first kappa shape index (κ1) is 25.4. The van der Waals surface area contributed by atoms with Gasteiger partial charge in [-0.1, -0.05) is 42.5 Å². The molecule has 1 heterocycles. The van der Waals surface area contributed by atoms with Gasteiger partial charge in [-0.05, 0) is 50.1 Å². The van der Waals surface area contributed by atoms with Gasteiger partial charge in [0.05, 0.1) is 16.2 Å². The molecule has 1 aliphatic heterocycles. The van der Waals surface area contributed by atoms with Crippen molar-refractivity contribution >= 4 is 40.3 Å². The van der Waals surface area contributed by atoms with Gasteiger partial charge in [-0.2, -0.15) is 0 Å². The fraction of sp³-hybridized carbons (Fsp3) is 0.214. The molecule has 0 radical (unpaired) electrons. The third-order valence-electron chi connectivity index (χ3n) is 5.62. The standard InChI is InChI=1S/C28H28N4O5/c1-28(2,3)37-27(34)31(4)17-18-10-12-20(13-11-18)29-25(19-8-6-5-7-9-19)24-22-16-21(32(35)36)14-15-23(22)30-26(24)33/h5-16,29H,17H2,1-4H3,(H,30,33). The number of carbonyl (C=O) groups is 2. The summed E-state index contributed by atoms with van der Waals surface area (Å²) in [5.74, 6) is -0.350. The fourth-order valence-corrected chi connectivity index (χ4v) is 3.92. The van der Waals surface area contributed by atoms with Crippen molar-refractivity contribution in [3.63, 3.8) is 0 Å². The lowest BCUT2D eigenvalue weighted by atomic mass is 9.99. The smallest absolute Gasteiger partial charge is 0.410 e. The number of nitrogens with one attached hydrogen (secondary N) is 2. The molecule has 190 valence electrons. The highest BCUT2D eigenvalue weighted by atomic mass is 16.6. The van der Waals surface area contributed by atoms with Crippen molar-refractivity contribution in [2.24, 2.45) is 0 Å². The highest BCUT2D eigenvalue weighted by Crippen LogP contribution is 2.39. The minimum absolute atomic E-state index is 0.0985. The van der Waals surface area contributed by atoms with Gasteiger partial charge in [0, 0.05) is 42.7 Å². The van der Waals surface area contributed by atoms with Gasteiger partial charge in [0.25, 0.3) is 11.6 Å². The van der Waals surface area contributed by atoms with E-state index in [2.05, 4.69) is 10.6 Å². The van der Waals surface area contributed by atoms with E-state index in [1.807, 2.05) is 75.4 Å². The summed E-state index contributed by atoms with van der Waals surface area (Å²) in [5.41, 5.74) is 3.50. The Balaban J connectivity index is 1.65. The predicted octanol–water partition coefficient (Wildman–Crippen LogP) is 5.89. The summed E-state index contributed by atoms with van der Waals surface area (Å²) in [6.07, 6.45) is -0.411. The van der Waals surface area contributed by atoms with E-state index in [0.29, 0.717) is 34.8 Å².